The first-order chi connectivity index (χ1) is 8.09. The summed E-state index contributed by atoms with van der Waals surface area (Å²) in [5.41, 5.74) is 5.93. The van der Waals surface area contributed by atoms with Gasteiger partial charge < -0.3 is 5.73 Å². The van der Waals surface area contributed by atoms with E-state index in [4.69, 9.17) is 17.3 Å². The van der Waals surface area contributed by atoms with Crippen LogP contribution in [0, 0.1) is 5.82 Å². The summed E-state index contributed by atoms with van der Waals surface area (Å²) < 4.78 is 13.2. The van der Waals surface area contributed by atoms with Gasteiger partial charge in [0.25, 0.3) is 0 Å². The van der Waals surface area contributed by atoms with Gasteiger partial charge in [-0.3, -0.25) is 4.79 Å². The summed E-state index contributed by atoms with van der Waals surface area (Å²) in [5, 5.41) is 0.342. The Hall–Kier alpha value is -1.87. The fourth-order valence-electron chi connectivity index (χ4n) is 1.47. The lowest BCUT2D eigenvalue weighted by molar-refractivity contribution is 0.103. The molecule has 0 aliphatic rings. The Bertz CT molecular complexity index is 583. The molecule has 2 aromatic rings. The van der Waals surface area contributed by atoms with E-state index in [0.717, 1.165) is 6.07 Å². The quantitative estimate of drug-likeness (QED) is 0.656. The molecule has 0 bridgehead atoms. The van der Waals surface area contributed by atoms with E-state index in [1.807, 2.05) is 0 Å². The van der Waals surface area contributed by atoms with Gasteiger partial charge in [-0.25, -0.2) is 4.39 Å². The van der Waals surface area contributed by atoms with Gasteiger partial charge in [-0.2, -0.15) is 0 Å². The number of benzene rings is 2. The van der Waals surface area contributed by atoms with Crippen molar-refractivity contribution >= 4 is 23.1 Å². The van der Waals surface area contributed by atoms with Gasteiger partial charge in [0.15, 0.2) is 5.78 Å². The normalized spacial score (nSPS) is 10.2. The van der Waals surface area contributed by atoms with Crippen molar-refractivity contribution in [2.75, 3.05) is 5.73 Å². The molecule has 17 heavy (non-hydrogen) atoms. The number of ketones is 1. The minimum absolute atomic E-state index is 0.0145. The summed E-state index contributed by atoms with van der Waals surface area (Å²) in [6.45, 7) is 0. The molecule has 0 atom stereocenters. The Balaban J connectivity index is 2.44. The van der Waals surface area contributed by atoms with Crippen molar-refractivity contribution in [1.82, 2.24) is 0 Å². The van der Waals surface area contributed by atoms with Crippen molar-refractivity contribution in [3.05, 3.63) is 64.4 Å². The number of rotatable bonds is 2. The molecule has 0 aliphatic carbocycles. The van der Waals surface area contributed by atoms with Crippen molar-refractivity contribution in [2.24, 2.45) is 0 Å². The molecule has 0 fully saturated rings. The van der Waals surface area contributed by atoms with Crippen molar-refractivity contribution in [2.45, 2.75) is 0 Å². The zero-order chi connectivity index (χ0) is 12.4. The number of anilines is 1. The molecular formula is C13H9ClFNO. The topological polar surface area (TPSA) is 43.1 Å². The average molecular weight is 250 g/mol. The first kappa shape index (κ1) is 11.6. The van der Waals surface area contributed by atoms with Gasteiger partial charge in [0, 0.05) is 11.1 Å². The largest absolute Gasteiger partial charge is 0.396 e. The molecule has 0 spiro atoms. The third-order valence-corrected chi connectivity index (χ3v) is 2.71. The smallest absolute Gasteiger partial charge is 0.194 e. The summed E-state index contributed by atoms with van der Waals surface area (Å²) in [5.74, 6) is -0.933. The minimum atomic E-state index is -0.608. The predicted octanol–water partition coefficient (Wildman–Crippen LogP) is 3.29. The van der Waals surface area contributed by atoms with Crippen LogP contribution in [0.3, 0.4) is 0 Å². The van der Waals surface area contributed by atoms with Crippen LogP contribution in [-0.4, -0.2) is 5.78 Å². The van der Waals surface area contributed by atoms with Gasteiger partial charge in [-0.05, 0) is 30.3 Å². The van der Waals surface area contributed by atoms with Crippen LogP contribution in [0.4, 0.5) is 10.1 Å². The molecule has 0 saturated heterocycles. The second-order valence-corrected chi connectivity index (χ2v) is 3.95. The fourth-order valence-corrected chi connectivity index (χ4v) is 1.69. The number of hydrogen-bond acceptors (Lipinski definition) is 2. The summed E-state index contributed by atoms with van der Waals surface area (Å²) in [7, 11) is 0. The molecule has 2 aromatic carbocycles. The van der Waals surface area contributed by atoms with Crippen LogP contribution in [0.5, 0.6) is 0 Å². The van der Waals surface area contributed by atoms with Crippen LogP contribution >= 0.6 is 11.6 Å². The van der Waals surface area contributed by atoms with E-state index in [1.165, 1.54) is 12.1 Å². The molecule has 86 valence electrons. The van der Waals surface area contributed by atoms with Gasteiger partial charge in [-0.15, -0.1) is 0 Å². The fraction of sp³-hybridized carbons (Fsp3) is 0. The van der Waals surface area contributed by atoms with Crippen LogP contribution in [0.15, 0.2) is 42.5 Å². The number of nitrogen functional groups attached to an aromatic ring is 1. The van der Waals surface area contributed by atoms with E-state index in [1.54, 1.807) is 24.3 Å². The number of carbonyl (C=O) groups is 1. The predicted molar refractivity (Wildman–Crippen MR) is 65.7 cm³/mol. The molecule has 2 rings (SSSR count). The first-order valence-electron chi connectivity index (χ1n) is 4.94. The zero-order valence-corrected chi connectivity index (χ0v) is 9.54. The molecule has 0 radical (unpaired) electrons. The molecule has 0 amide bonds. The van der Waals surface area contributed by atoms with Crippen LogP contribution in [0.25, 0.3) is 0 Å². The minimum Gasteiger partial charge on any atom is -0.396 e. The Labute approximate surface area is 103 Å². The Morgan fingerprint density at radius 2 is 1.88 bits per heavy atom. The highest BCUT2D eigenvalue weighted by molar-refractivity contribution is 6.34. The lowest BCUT2D eigenvalue weighted by Crippen LogP contribution is -2.03. The number of halogens is 2. The number of hydrogen-bond donors (Lipinski definition) is 1. The summed E-state index contributed by atoms with van der Waals surface area (Å²) in [6.07, 6.45) is 0. The van der Waals surface area contributed by atoms with Crippen molar-refractivity contribution in [3.63, 3.8) is 0 Å². The molecule has 0 unspecified atom stereocenters. The van der Waals surface area contributed by atoms with E-state index < -0.39 is 5.82 Å². The molecule has 0 heterocycles. The van der Waals surface area contributed by atoms with E-state index in [2.05, 4.69) is 0 Å². The maximum absolute atomic E-state index is 13.2. The van der Waals surface area contributed by atoms with Gasteiger partial charge in [-0.1, -0.05) is 23.7 Å². The monoisotopic (exact) mass is 249 g/mol. The first-order valence-corrected chi connectivity index (χ1v) is 5.31. The van der Waals surface area contributed by atoms with Gasteiger partial charge >= 0.3 is 0 Å². The molecule has 4 heteroatoms. The molecular weight excluding hydrogens is 241 g/mol. The highest BCUT2D eigenvalue weighted by Gasteiger charge is 2.13. The SMILES string of the molecule is Nc1ccc(C(=O)c2ccccc2Cl)cc1F. The third-order valence-electron chi connectivity index (χ3n) is 2.38. The van der Waals surface area contributed by atoms with E-state index in [-0.39, 0.29) is 17.0 Å². The summed E-state index contributed by atoms with van der Waals surface area (Å²) >= 11 is 5.90. The van der Waals surface area contributed by atoms with Crippen molar-refractivity contribution in [1.29, 1.82) is 0 Å². The second kappa shape index (κ2) is 4.55. The highest BCUT2D eigenvalue weighted by atomic mass is 35.5. The van der Waals surface area contributed by atoms with Gasteiger partial charge in [0.05, 0.1) is 10.7 Å². The summed E-state index contributed by atoms with van der Waals surface area (Å²) in [4.78, 5) is 12.0. The van der Waals surface area contributed by atoms with Crippen LogP contribution in [-0.2, 0) is 0 Å². The van der Waals surface area contributed by atoms with Crippen molar-refractivity contribution < 1.29 is 9.18 Å². The number of carbonyl (C=O) groups excluding carboxylic acids is 1. The summed E-state index contributed by atoms with van der Waals surface area (Å²) in [6, 6.07) is 10.6. The Morgan fingerprint density at radius 3 is 2.53 bits per heavy atom. The van der Waals surface area contributed by atoms with E-state index in [0.29, 0.717) is 10.6 Å². The second-order valence-electron chi connectivity index (χ2n) is 3.55. The molecule has 0 aromatic heterocycles. The highest BCUT2D eigenvalue weighted by Crippen LogP contribution is 2.20. The lowest BCUT2D eigenvalue weighted by Gasteiger charge is -2.04. The maximum Gasteiger partial charge on any atom is 0.194 e. The Morgan fingerprint density at radius 1 is 1.18 bits per heavy atom. The molecule has 0 saturated carbocycles. The molecule has 2 N–H and O–H groups in total. The number of nitrogens with two attached hydrogens (primary N) is 1. The van der Waals surface area contributed by atoms with E-state index in [9.17, 15) is 9.18 Å². The van der Waals surface area contributed by atoms with Crippen LogP contribution in [0.1, 0.15) is 15.9 Å². The standard InChI is InChI=1S/C13H9ClFNO/c14-10-4-2-1-3-9(10)13(17)8-5-6-12(16)11(15)7-8/h1-7H,16H2. The third kappa shape index (κ3) is 2.29. The van der Waals surface area contributed by atoms with Crippen molar-refractivity contribution in [3.8, 4) is 0 Å². The Kier molecular flexibility index (Phi) is 3.11. The average Bonchev–Trinajstić information content (AvgIpc) is 2.32. The van der Waals surface area contributed by atoms with Crippen LogP contribution in [0.2, 0.25) is 5.02 Å². The zero-order valence-electron chi connectivity index (χ0n) is 8.78. The molecule has 2 nitrogen and oxygen atoms in total. The maximum atomic E-state index is 13.2. The lowest BCUT2D eigenvalue weighted by atomic mass is 10.0. The van der Waals surface area contributed by atoms with Crippen LogP contribution < -0.4 is 5.73 Å². The van der Waals surface area contributed by atoms with E-state index >= 15 is 0 Å². The van der Waals surface area contributed by atoms with Gasteiger partial charge in [0.2, 0.25) is 0 Å². The molecule has 0 aliphatic heterocycles. The van der Waals surface area contributed by atoms with Gasteiger partial charge in [0.1, 0.15) is 5.82 Å².